The summed E-state index contributed by atoms with van der Waals surface area (Å²) < 4.78 is 35.3. The molecule has 1 atom stereocenters. The van der Waals surface area contributed by atoms with E-state index in [-0.39, 0.29) is 17.5 Å². The van der Waals surface area contributed by atoms with Crippen molar-refractivity contribution < 1.29 is 13.5 Å². The Morgan fingerprint density at radius 3 is 2.65 bits per heavy atom. The number of aromatic nitrogens is 2. The largest absolute Gasteiger partial charge is 0.486 e. The minimum Gasteiger partial charge on any atom is -0.486 e. The van der Waals surface area contributed by atoms with Crippen molar-refractivity contribution in [2.45, 2.75) is 39.2 Å². The molecule has 5 nitrogen and oxygen atoms in total. The minimum absolute atomic E-state index is 0.131. The van der Waals surface area contributed by atoms with Gasteiger partial charge in [0, 0.05) is 37.8 Å². The molecule has 3 aromatic rings. The van der Waals surface area contributed by atoms with Crippen LogP contribution in [0.15, 0.2) is 36.5 Å². The molecule has 34 heavy (non-hydrogen) atoms. The van der Waals surface area contributed by atoms with Gasteiger partial charge < -0.3 is 14.5 Å². The molecule has 0 radical (unpaired) electrons. The van der Waals surface area contributed by atoms with Gasteiger partial charge >= 0.3 is 0 Å². The van der Waals surface area contributed by atoms with Gasteiger partial charge in [0.05, 0.1) is 18.4 Å². The molecule has 1 aliphatic carbocycles. The van der Waals surface area contributed by atoms with E-state index in [0.717, 1.165) is 12.8 Å². The molecule has 0 fully saturated rings. The maximum Gasteiger partial charge on any atom is 0.178 e. The lowest BCUT2D eigenvalue weighted by Crippen LogP contribution is -2.38. The zero-order valence-corrected chi connectivity index (χ0v) is 20.1. The molecule has 1 unspecified atom stereocenters. The fourth-order valence-corrected chi connectivity index (χ4v) is 5.06. The molecule has 178 valence electrons. The van der Waals surface area contributed by atoms with Crippen molar-refractivity contribution in [1.29, 1.82) is 0 Å². The van der Waals surface area contributed by atoms with Gasteiger partial charge in [-0.1, -0.05) is 6.07 Å². The van der Waals surface area contributed by atoms with E-state index in [9.17, 15) is 8.78 Å². The summed E-state index contributed by atoms with van der Waals surface area (Å²) in [5, 5.41) is 0. The van der Waals surface area contributed by atoms with Crippen molar-refractivity contribution in [2.75, 3.05) is 37.0 Å². The third-order valence-corrected chi connectivity index (χ3v) is 6.80. The Bertz CT molecular complexity index is 1230. The van der Waals surface area contributed by atoms with E-state index in [4.69, 9.17) is 4.74 Å². The number of ether oxygens (including phenoxy) is 1. The van der Waals surface area contributed by atoms with Crippen LogP contribution in [0.2, 0.25) is 0 Å². The van der Waals surface area contributed by atoms with Crippen LogP contribution in [0.25, 0.3) is 11.3 Å². The van der Waals surface area contributed by atoms with Crippen molar-refractivity contribution >= 4 is 11.4 Å². The standard InChI is InChI=1S/C27H30F2N4O/c1-16(2)33-7-8-34-27-22(28)13-20(14-24(27)33)26-23(29)15-30-25(31-26)11-17-9-18-5-6-21(32(3)4)12-19(18)10-17/h5-6,12-17H,7-11H2,1-4H3. The van der Waals surface area contributed by atoms with Crippen LogP contribution in [0.5, 0.6) is 5.75 Å². The van der Waals surface area contributed by atoms with Gasteiger partial charge in [0.2, 0.25) is 0 Å². The first-order chi connectivity index (χ1) is 16.3. The summed E-state index contributed by atoms with van der Waals surface area (Å²) in [6, 6.07) is 9.83. The SMILES string of the molecule is CC(C)N1CCOc2c(F)cc(-c3nc(CC4Cc5ccc(N(C)C)cc5C4)ncc3F)cc21. The van der Waals surface area contributed by atoms with E-state index in [0.29, 0.717) is 42.6 Å². The normalized spacial score (nSPS) is 16.9. The number of rotatable bonds is 5. The zero-order chi connectivity index (χ0) is 24.0. The van der Waals surface area contributed by atoms with Crippen molar-refractivity contribution in [3.05, 3.63) is 65.1 Å². The molecule has 0 bridgehead atoms. The van der Waals surface area contributed by atoms with Gasteiger partial charge in [-0.2, -0.15) is 0 Å². The van der Waals surface area contributed by atoms with Crippen LogP contribution in [-0.2, 0) is 19.3 Å². The summed E-state index contributed by atoms with van der Waals surface area (Å²) in [6.07, 6.45) is 3.75. The quantitative estimate of drug-likeness (QED) is 0.529. The van der Waals surface area contributed by atoms with Crippen molar-refractivity contribution in [1.82, 2.24) is 9.97 Å². The first-order valence-corrected chi connectivity index (χ1v) is 11.8. The van der Waals surface area contributed by atoms with E-state index in [1.807, 2.05) is 27.9 Å². The van der Waals surface area contributed by atoms with E-state index >= 15 is 0 Å². The smallest absolute Gasteiger partial charge is 0.178 e. The third-order valence-electron chi connectivity index (χ3n) is 6.80. The van der Waals surface area contributed by atoms with Gasteiger partial charge in [-0.05, 0) is 68.0 Å². The maximum absolute atomic E-state index is 14.9. The molecular weight excluding hydrogens is 434 g/mol. The number of fused-ring (bicyclic) bond motifs is 2. The predicted octanol–water partition coefficient (Wildman–Crippen LogP) is 5.05. The molecule has 0 N–H and O–H groups in total. The number of nitrogens with zero attached hydrogens (tertiary/aromatic N) is 4. The van der Waals surface area contributed by atoms with Gasteiger partial charge in [0.1, 0.15) is 18.1 Å². The molecule has 7 heteroatoms. The lowest BCUT2D eigenvalue weighted by molar-refractivity contribution is 0.287. The van der Waals surface area contributed by atoms with Gasteiger partial charge in [-0.3, -0.25) is 0 Å². The van der Waals surface area contributed by atoms with Gasteiger partial charge in [0.25, 0.3) is 0 Å². The summed E-state index contributed by atoms with van der Waals surface area (Å²) in [7, 11) is 4.08. The first kappa shape index (κ1) is 22.6. The average molecular weight is 465 g/mol. The summed E-state index contributed by atoms with van der Waals surface area (Å²) >= 11 is 0. The van der Waals surface area contributed by atoms with Crippen LogP contribution in [0, 0.1) is 17.6 Å². The van der Waals surface area contributed by atoms with Crippen LogP contribution in [0.1, 0.15) is 30.8 Å². The molecule has 5 rings (SSSR count). The lowest BCUT2D eigenvalue weighted by atomic mass is 10.0. The number of anilines is 2. The second-order valence-corrected chi connectivity index (χ2v) is 9.75. The second-order valence-electron chi connectivity index (χ2n) is 9.75. The van der Waals surface area contributed by atoms with Crippen LogP contribution < -0.4 is 14.5 Å². The molecule has 0 amide bonds. The minimum atomic E-state index is -0.554. The molecule has 0 spiro atoms. The first-order valence-electron chi connectivity index (χ1n) is 11.8. The fraction of sp³-hybridized carbons (Fsp3) is 0.407. The van der Waals surface area contributed by atoms with Crippen LogP contribution >= 0.6 is 0 Å². The lowest BCUT2D eigenvalue weighted by Gasteiger charge is -2.34. The van der Waals surface area contributed by atoms with E-state index in [1.54, 1.807) is 6.07 Å². The van der Waals surface area contributed by atoms with E-state index in [2.05, 4.69) is 38.0 Å². The highest BCUT2D eigenvalue weighted by Gasteiger charge is 2.27. The molecule has 1 aliphatic heterocycles. The monoisotopic (exact) mass is 464 g/mol. The Morgan fingerprint density at radius 1 is 1.09 bits per heavy atom. The molecule has 2 aliphatic rings. The summed E-state index contributed by atoms with van der Waals surface area (Å²) in [5.74, 6) is 0.105. The Kier molecular flexibility index (Phi) is 5.88. The average Bonchev–Trinajstić information content (AvgIpc) is 3.21. The van der Waals surface area contributed by atoms with E-state index in [1.165, 1.54) is 29.1 Å². The third kappa shape index (κ3) is 4.19. The number of halogens is 2. The Morgan fingerprint density at radius 2 is 1.88 bits per heavy atom. The highest BCUT2D eigenvalue weighted by molar-refractivity contribution is 5.72. The molecular formula is C27H30F2N4O. The van der Waals surface area contributed by atoms with Crippen molar-refractivity contribution in [3.63, 3.8) is 0 Å². The highest BCUT2D eigenvalue weighted by atomic mass is 19.1. The maximum atomic E-state index is 14.9. The molecule has 0 saturated heterocycles. The second kappa shape index (κ2) is 8.85. The Balaban J connectivity index is 1.42. The highest BCUT2D eigenvalue weighted by Crippen LogP contribution is 2.39. The molecule has 2 heterocycles. The molecule has 1 aromatic heterocycles. The topological polar surface area (TPSA) is 41.5 Å². The van der Waals surface area contributed by atoms with Gasteiger partial charge in [-0.25, -0.2) is 18.7 Å². The van der Waals surface area contributed by atoms with Crippen LogP contribution in [-0.4, -0.2) is 43.3 Å². The fourth-order valence-electron chi connectivity index (χ4n) is 5.06. The van der Waals surface area contributed by atoms with Crippen LogP contribution in [0.4, 0.5) is 20.2 Å². The van der Waals surface area contributed by atoms with E-state index < -0.39 is 11.6 Å². The van der Waals surface area contributed by atoms with Crippen molar-refractivity contribution in [3.8, 4) is 17.0 Å². The summed E-state index contributed by atoms with van der Waals surface area (Å²) in [6.45, 7) is 5.17. The number of benzene rings is 2. The molecule has 2 aromatic carbocycles. The molecule has 0 saturated carbocycles. The number of hydrogen-bond acceptors (Lipinski definition) is 5. The predicted molar refractivity (Wildman–Crippen MR) is 131 cm³/mol. The van der Waals surface area contributed by atoms with Crippen molar-refractivity contribution in [2.24, 2.45) is 5.92 Å². The van der Waals surface area contributed by atoms with Gasteiger partial charge in [0.15, 0.2) is 17.4 Å². The Hall–Kier alpha value is -3.22. The van der Waals surface area contributed by atoms with Crippen LogP contribution in [0.3, 0.4) is 0 Å². The summed E-state index contributed by atoms with van der Waals surface area (Å²) in [4.78, 5) is 13.0. The van der Waals surface area contributed by atoms with Gasteiger partial charge in [-0.15, -0.1) is 0 Å². The summed E-state index contributed by atoms with van der Waals surface area (Å²) in [5.41, 5.74) is 5.06. The Labute approximate surface area is 199 Å². The zero-order valence-electron chi connectivity index (χ0n) is 20.1. The number of hydrogen-bond donors (Lipinski definition) is 0.